The van der Waals surface area contributed by atoms with E-state index >= 15 is 0 Å². The summed E-state index contributed by atoms with van der Waals surface area (Å²) in [5, 5.41) is 10.6. The predicted molar refractivity (Wildman–Crippen MR) is 101 cm³/mol. The van der Waals surface area contributed by atoms with Crippen molar-refractivity contribution in [3.63, 3.8) is 0 Å². The maximum Gasteiger partial charge on any atom is 0.417 e. The number of piperidine rings is 1. The third-order valence-electron chi connectivity index (χ3n) is 5.23. The Labute approximate surface area is 152 Å². The minimum absolute atomic E-state index is 0.466. The Hall–Kier alpha value is -2.37. The highest BCUT2D eigenvalue weighted by atomic mass is 16.4. The predicted octanol–water partition coefficient (Wildman–Crippen LogP) is 3.11. The number of fused-ring (bicyclic) bond motifs is 1. The average molecular weight is 352 g/mol. The number of benzene rings is 2. The first kappa shape index (κ1) is 17.1. The number of nitrogens with zero attached hydrogens (tertiary/aromatic N) is 1. The Morgan fingerprint density at radius 3 is 2.92 bits per heavy atom. The fourth-order valence-electron chi connectivity index (χ4n) is 3.95. The molecule has 2 heterocycles. The molecule has 4 rings (SSSR count). The van der Waals surface area contributed by atoms with Crippen LogP contribution in [0.4, 0.5) is 0 Å². The van der Waals surface area contributed by atoms with E-state index in [0.717, 1.165) is 31.5 Å². The molecule has 1 saturated heterocycles. The van der Waals surface area contributed by atoms with Gasteiger partial charge in [-0.25, -0.2) is 4.79 Å². The molecule has 2 unspecified atom stereocenters. The maximum atomic E-state index is 11.3. The molecule has 0 saturated carbocycles. The van der Waals surface area contributed by atoms with Crippen molar-refractivity contribution < 1.29 is 9.52 Å². The smallest absolute Gasteiger partial charge is 0.408 e. The topological polar surface area (TPSA) is 69.5 Å². The number of hydrogen-bond donors (Lipinski definition) is 2. The number of hydrogen-bond acceptors (Lipinski definition) is 4. The van der Waals surface area contributed by atoms with Crippen LogP contribution < -0.4 is 5.76 Å². The van der Waals surface area contributed by atoms with Crippen LogP contribution in [0.5, 0.6) is 0 Å². The summed E-state index contributed by atoms with van der Waals surface area (Å²) in [7, 11) is 0. The minimum atomic E-state index is -0.588. The van der Waals surface area contributed by atoms with Crippen molar-refractivity contribution in [2.75, 3.05) is 19.6 Å². The molecule has 0 radical (unpaired) electrons. The van der Waals surface area contributed by atoms with Gasteiger partial charge in [0.1, 0.15) is 0 Å². The molecule has 2 atom stereocenters. The third-order valence-corrected chi connectivity index (χ3v) is 5.23. The first-order valence-electron chi connectivity index (χ1n) is 9.24. The third kappa shape index (κ3) is 3.89. The van der Waals surface area contributed by atoms with Crippen LogP contribution in [-0.2, 0) is 6.42 Å². The van der Waals surface area contributed by atoms with Gasteiger partial charge in [-0.1, -0.05) is 36.4 Å². The van der Waals surface area contributed by atoms with E-state index in [4.69, 9.17) is 4.42 Å². The van der Waals surface area contributed by atoms with E-state index in [1.807, 2.05) is 6.07 Å². The van der Waals surface area contributed by atoms with Gasteiger partial charge in [-0.2, -0.15) is 0 Å². The molecule has 0 bridgehead atoms. The number of aromatic amines is 1. The Kier molecular flexibility index (Phi) is 4.91. The van der Waals surface area contributed by atoms with Crippen LogP contribution in [0.3, 0.4) is 0 Å². The second kappa shape index (κ2) is 7.48. The molecule has 2 N–H and O–H groups in total. The molecule has 2 aromatic carbocycles. The molecular weight excluding hydrogens is 328 g/mol. The SMILES string of the molecule is O=c1[nH]c2ccc(C(O)CN3CCCC(Cc4ccccc4)C3)cc2o1. The Balaban J connectivity index is 1.39. The molecule has 1 aliphatic rings. The molecule has 5 heteroatoms. The van der Waals surface area contributed by atoms with E-state index in [9.17, 15) is 9.90 Å². The van der Waals surface area contributed by atoms with Crippen molar-refractivity contribution in [1.29, 1.82) is 0 Å². The fourth-order valence-corrected chi connectivity index (χ4v) is 3.95. The quantitative estimate of drug-likeness (QED) is 0.740. The van der Waals surface area contributed by atoms with E-state index in [-0.39, 0.29) is 0 Å². The van der Waals surface area contributed by atoms with Crippen molar-refractivity contribution in [2.24, 2.45) is 5.92 Å². The van der Waals surface area contributed by atoms with E-state index in [2.05, 4.69) is 40.2 Å². The normalized spacial score (nSPS) is 19.7. The average Bonchev–Trinajstić information content (AvgIpc) is 3.02. The van der Waals surface area contributed by atoms with Gasteiger partial charge in [0.25, 0.3) is 0 Å². The fraction of sp³-hybridized carbons (Fsp3) is 0.381. The van der Waals surface area contributed by atoms with Crippen molar-refractivity contribution in [3.8, 4) is 0 Å². The van der Waals surface area contributed by atoms with Crippen molar-refractivity contribution in [3.05, 3.63) is 70.2 Å². The highest BCUT2D eigenvalue weighted by Crippen LogP contribution is 2.24. The molecule has 0 amide bonds. The van der Waals surface area contributed by atoms with Gasteiger partial charge in [0.15, 0.2) is 5.58 Å². The lowest BCUT2D eigenvalue weighted by Gasteiger charge is -2.34. The monoisotopic (exact) mass is 352 g/mol. The van der Waals surface area contributed by atoms with Crippen LogP contribution >= 0.6 is 0 Å². The van der Waals surface area contributed by atoms with Gasteiger partial charge < -0.3 is 14.4 Å². The van der Waals surface area contributed by atoms with Gasteiger partial charge in [-0.05, 0) is 55.0 Å². The summed E-state index contributed by atoms with van der Waals surface area (Å²) in [6.45, 7) is 2.63. The number of nitrogens with one attached hydrogen (secondary N) is 1. The first-order chi connectivity index (χ1) is 12.7. The highest BCUT2D eigenvalue weighted by Gasteiger charge is 2.22. The van der Waals surface area contributed by atoms with Crippen LogP contribution in [0.1, 0.15) is 30.1 Å². The first-order valence-corrected chi connectivity index (χ1v) is 9.24. The number of β-amino-alcohol motifs (C(OH)–C–C–N with tert-alkyl or cyclic N) is 1. The van der Waals surface area contributed by atoms with Gasteiger partial charge >= 0.3 is 5.76 Å². The van der Waals surface area contributed by atoms with E-state index in [0.29, 0.717) is 23.6 Å². The van der Waals surface area contributed by atoms with Crippen LogP contribution in [0, 0.1) is 5.92 Å². The van der Waals surface area contributed by atoms with Gasteiger partial charge in [0.2, 0.25) is 0 Å². The van der Waals surface area contributed by atoms with Crippen LogP contribution in [0.15, 0.2) is 57.7 Å². The zero-order valence-electron chi connectivity index (χ0n) is 14.7. The summed E-state index contributed by atoms with van der Waals surface area (Å²) in [6, 6.07) is 16.0. The van der Waals surface area contributed by atoms with E-state index < -0.39 is 11.9 Å². The largest absolute Gasteiger partial charge is 0.417 e. The molecule has 5 nitrogen and oxygen atoms in total. The molecule has 0 spiro atoms. The van der Waals surface area contributed by atoms with Crippen molar-refractivity contribution >= 4 is 11.1 Å². The lowest BCUT2D eigenvalue weighted by atomic mass is 9.91. The number of H-pyrrole nitrogens is 1. The molecule has 0 aliphatic carbocycles. The Bertz CT molecular complexity index is 916. The zero-order valence-corrected chi connectivity index (χ0v) is 14.7. The summed E-state index contributed by atoms with van der Waals surface area (Å²) in [6.07, 6.45) is 2.90. The number of rotatable bonds is 5. The number of oxazole rings is 1. The van der Waals surface area contributed by atoms with Gasteiger partial charge in [0, 0.05) is 13.1 Å². The van der Waals surface area contributed by atoms with E-state index in [1.54, 1.807) is 12.1 Å². The lowest BCUT2D eigenvalue weighted by molar-refractivity contribution is 0.0844. The number of aliphatic hydroxyl groups excluding tert-OH is 1. The molecule has 26 heavy (non-hydrogen) atoms. The lowest BCUT2D eigenvalue weighted by Crippen LogP contribution is -2.38. The van der Waals surface area contributed by atoms with Crippen LogP contribution in [-0.4, -0.2) is 34.6 Å². The Morgan fingerprint density at radius 2 is 2.08 bits per heavy atom. The molecule has 1 aliphatic heterocycles. The Morgan fingerprint density at radius 1 is 1.23 bits per heavy atom. The second-order valence-electron chi connectivity index (χ2n) is 7.24. The molecule has 3 aromatic rings. The zero-order chi connectivity index (χ0) is 17.9. The molecule has 1 aromatic heterocycles. The number of aliphatic hydroxyl groups is 1. The second-order valence-corrected chi connectivity index (χ2v) is 7.24. The maximum absolute atomic E-state index is 11.3. The van der Waals surface area contributed by atoms with E-state index in [1.165, 1.54) is 12.0 Å². The van der Waals surface area contributed by atoms with Crippen molar-refractivity contribution in [1.82, 2.24) is 9.88 Å². The summed E-state index contributed by atoms with van der Waals surface area (Å²) in [4.78, 5) is 16.2. The van der Waals surface area contributed by atoms with Gasteiger partial charge in [-0.3, -0.25) is 4.98 Å². The van der Waals surface area contributed by atoms with Crippen LogP contribution in [0.2, 0.25) is 0 Å². The molecule has 1 fully saturated rings. The molecule has 136 valence electrons. The summed E-state index contributed by atoms with van der Waals surface area (Å²) in [5.41, 5.74) is 3.32. The highest BCUT2D eigenvalue weighted by molar-refractivity contribution is 5.72. The summed E-state index contributed by atoms with van der Waals surface area (Å²) < 4.78 is 5.10. The summed E-state index contributed by atoms with van der Waals surface area (Å²) in [5.74, 6) is 0.162. The standard InChI is InChI=1S/C21H24N2O3/c24-19(17-8-9-18-20(12-17)26-21(25)22-18)14-23-10-4-7-16(13-23)11-15-5-2-1-3-6-15/h1-3,5-6,8-9,12,16,19,24H,4,7,10-11,13-14H2,(H,22,25). The van der Waals surface area contributed by atoms with Crippen molar-refractivity contribution in [2.45, 2.75) is 25.4 Å². The van der Waals surface area contributed by atoms with Crippen LogP contribution in [0.25, 0.3) is 11.1 Å². The minimum Gasteiger partial charge on any atom is -0.408 e. The molecular formula is C21H24N2O3. The van der Waals surface area contributed by atoms with Gasteiger partial charge in [-0.15, -0.1) is 0 Å². The number of likely N-dealkylation sites (tertiary alicyclic amines) is 1. The van der Waals surface area contributed by atoms with Gasteiger partial charge in [0.05, 0.1) is 11.6 Å². The summed E-state index contributed by atoms with van der Waals surface area (Å²) >= 11 is 0. The number of aromatic nitrogens is 1.